The molecule has 8 heteroatoms. The van der Waals surface area contributed by atoms with E-state index in [0.717, 1.165) is 161 Å². The highest BCUT2D eigenvalue weighted by Crippen LogP contribution is 2.64. The summed E-state index contributed by atoms with van der Waals surface area (Å²) in [5.41, 5.74) is 0. The molecule has 0 amide bonds. The summed E-state index contributed by atoms with van der Waals surface area (Å²) in [6, 6.07) is 0. The summed E-state index contributed by atoms with van der Waals surface area (Å²) in [4.78, 5) is 23.1. The summed E-state index contributed by atoms with van der Waals surface area (Å²) in [7, 11) is 0. The fourth-order valence-corrected chi connectivity index (χ4v) is 16.3. The van der Waals surface area contributed by atoms with Crippen LogP contribution in [0.5, 0.6) is 0 Å². The minimum atomic E-state index is -0.276. The maximum atomic E-state index is 11.6. The van der Waals surface area contributed by atoms with Crippen LogP contribution in [0.25, 0.3) is 0 Å². The van der Waals surface area contributed by atoms with Crippen LogP contribution in [0.15, 0.2) is 25.3 Å². The summed E-state index contributed by atoms with van der Waals surface area (Å²) < 4.78 is 35.9. The number of carbonyl (C=O) groups excluding carboxylic acids is 2. The maximum Gasteiger partial charge on any atom is 0.330 e. The number of carbonyl (C=O) groups is 2. The minimum absolute atomic E-state index is 0.276. The first kappa shape index (κ1) is 41.6. The number of hydrogen-bond acceptors (Lipinski definition) is 8. The van der Waals surface area contributed by atoms with Gasteiger partial charge in [-0.05, 0) is 209 Å². The number of hydrogen-bond donors (Lipinski definition) is 0. The van der Waals surface area contributed by atoms with Gasteiger partial charge in [-0.15, -0.1) is 0 Å². The normalized spacial score (nSPS) is 43.5. The van der Waals surface area contributed by atoms with Gasteiger partial charge in [0.2, 0.25) is 0 Å². The molecule has 58 heavy (non-hydrogen) atoms. The summed E-state index contributed by atoms with van der Waals surface area (Å²) in [5, 5.41) is 0. The number of ether oxygens (including phenoxy) is 6. The van der Waals surface area contributed by atoms with Crippen LogP contribution in [0.2, 0.25) is 0 Å². The Morgan fingerprint density at radius 2 is 0.690 bits per heavy atom. The molecule has 0 N–H and O–H groups in total. The van der Waals surface area contributed by atoms with Crippen LogP contribution in [0.4, 0.5) is 0 Å². The van der Waals surface area contributed by atoms with E-state index < -0.39 is 0 Å². The van der Waals surface area contributed by atoms with Gasteiger partial charge in [0.25, 0.3) is 0 Å². The van der Waals surface area contributed by atoms with Gasteiger partial charge in [0, 0.05) is 65.0 Å². The molecule has 0 radical (unpaired) electrons. The highest BCUT2D eigenvalue weighted by atomic mass is 16.5. The zero-order valence-corrected chi connectivity index (χ0v) is 35.6. The van der Waals surface area contributed by atoms with Crippen LogP contribution in [0.1, 0.15) is 103 Å². The highest BCUT2D eigenvalue weighted by molar-refractivity contribution is 5.81. The molecule has 0 aromatic heterocycles. The SMILES string of the molecule is C=CC(=O)OCC1CC2CC1C1CC(COCCCCOCC3CC4C5CC(COCCCCOCC6CC7C8CC(COC(=O)C=C)C(C8)C7C6)C(C5)C4C3)CC21. The molecule has 9 aliphatic rings. The first-order valence-corrected chi connectivity index (χ1v) is 24.3. The van der Waals surface area contributed by atoms with Crippen molar-refractivity contribution in [2.24, 2.45) is 107 Å². The Morgan fingerprint density at radius 1 is 0.379 bits per heavy atom. The molecule has 9 aliphatic carbocycles. The Labute approximate surface area is 349 Å². The Morgan fingerprint density at radius 3 is 1.03 bits per heavy atom. The average Bonchev–Trinajstić information content (AvgIpc) is 4.08. The molecular weight excluding hydrogens is 729 g/mol. The van der Waals surface area contributed by atoms with Gasteiger partial charge in [-0.1, -0.05) is 13.2 Å². The van der Waals surface area contributed by atoms with E-state index in [0.29, 0.717) is 36.9 Å². The van der Waals surface area contributed by atoms with Crippen LogP contribution < -0.4 is 0 Å². The largest absolute Gasteiger partial charge is 0.462 e. The topological polar surface area (TPSA) is 89.5 Å². The molecule has 18 atom stereocenters. The lowest BCUT2D eigenvalue weighted by atomic mass is 9.76. The number of fused-ring (bicyclic) bond motifs is 15. The van der Waals surface area contributed by atoms with Crippen molar-refractivity contribution in [2.45, 2.75) is 103 Å². The molecule has 0 aromatic rings. The molecule has 0 saturated heterocycles. The zero-order chi connectivity index (χ0) is 39.6. The van der Waals surface area contributed by atoms with E-state index in [4.69, 9.17) is 28.4 Å². The first-order chi connectivity index (χ1) is 28.4. The van der Waals surface area contributed by atoms with Crippen molar-refractivity contribution >= 4 is 11.9 Å². The van der Waals surface area contributed by atoms with Crippen molar-refractivity contribution in [2.75, 3.05) is 66.1 Å². The summed E-state index contributed by atoms with van der Waals surface area (Å²) in [6.07, 6.45) is 23.1. The lowest BCUT2D eigenvalue weighted by Gasteiger charge is -2.31. The van der Waals surface area contributed by atoms with Gasteiger partial charge < -0.3 is 28.4 Å². The van der Waals surface area contributed by atoms with Crippen LogP contribution >= 0.6 is 0 Å². The molecule has 9 saturated carbocycles. The molecule has 0 aliphatic heterocycles. The van der Waals surface area contributed by atoms with E-state index in [9.17, 15) is 9.59 Å². The number of esters is 2. The maximum absolute atomic E-state index is 11.6. The quantitative estimate of drug-likeness (QED) is 0.0543. The fraction of sp³-hybridized carbons (Fsp3) is 0.880. The molecule has 6 bridgehead atoms. The average molecular weight is 805 g/mol. The Balaban J connectivity index is 0.565. The summed E-state index contributed by atoms with van der Waals surface area (Å²) in [5.74, 6) is 13.8. The van der Waals surface area contributed by atoms with Gasteiger partial charge in [0.05, 0.1) is 13.2 Å². The third-order valence-electron chi connectivity index (χ3n) is 18.4. The smallest absolute Gasteiger partial charge is 0.330 e. The highest BCUT2D eigenvalue weighted by Gasteiger charge is 2.58. The van der Waals surface area contributed by atoms with Gasteiger partial charge in [0.1, 0.15) is 0 Å². The third-order valence-corrected chi connectivity index (χ3v) is 18.4. The van der Waals surface area contributed by atoms with Crippen LogP contribution in [0, 0.1) is 107 Å². The van der Waals surface area contributed by atoms with Crippen molar-refractivity contribution in [3.63, 3.8) is 0 Å². The monoisotopic (exact) mass is 805 g/mol. The van der Waals surface area contributed by atoms with Crippen molar-refractivity contribution in [1.29, 1.82) is 0 Å². The van der Waals surface area contributed by atoms with E-state index in [2.05, 4.69) is 13.2 Å². The third kappa shape index (κ3) is 9.07. The molecule has 0 spiro atoms. The van der Waals surface area contributed by atoms with E-state index >= 15 is 0 Å². The summed E-state index contributed by atoms with van der Waals surface area (Å²) >= 11 is 0. The molecule has 324 valence electrons. The van der Waals surface area contributed by atoms with Crippen molar-refractivity contribution < 1.29 is 38.0 Å². The van der Waals surface area contributed by atoms with Crippen LogP contribution in [-0.4, -0.2) is 78.0 Å². The van der Waals surface area contributed by atoms with Gasteiger partial charge in [-0.3, -0.25) is 0 Å². The van der Waals surface area contributed by atoms with Crippen LogP contribution in [-0.2, 0) is 38.0 Å². The Hall–Kier alpha value is -1.74. The minimum Gasteiger partial charge on any atom is -0.462 e. The molecule has 8 nitrogen and oxygen atoms in total. The van der Waals surface area contributed by atoms with E-state index in [1.54, 1.807) is 0 Å². The van der Waals surface area contributed by atoms with E-state index in [-0.39, 0.29) is 11.9 Å². The number of rotatable bonds is 24. The second-order valence-electron chi connectivity index (χ2n) is 21.3. The predicted molar refractivity (Wildman–Crippen MR) is 222 cm³/mol. The van der Waals surface area contributed by atoms with E-state index in [1.165, 1.54) is 89.2 Å². The number of unbranched alkanes of at least 4 members (excludes halogenated alkanes) is 2. The fourth-order valence-electron chi connectivity index (χ4n) is 16.3. The Kier molecular flexibility index (Phi) is 13.7. The molecule has 9 fully saturated rings. The zero-order valence-electron chi connectivity index (χ0n) is 35.6. The Bertz CT molecular complexity index is 1420. The van der Waals surface area contributed by atoms with Gasteiger partial charge in [0.15, 0.2) is 0 Å². The molecule has 0 aromatic carbocycles. The summed E-state index contributed by atoms with van der Waals surface area (Å²) in [6.45, 7) is 15.5. The predicted octanol–water partition coefficient (Wildman–Crippen LogP) is 8.97. The van der Waals surface area contributed by atoms with Crippen molar-refractivity contribution in [3.05, 3.63) is 25.3 Å². The standard InChI is InChI=1S/C50H76O8/c1-3-49(51)57-29-38-20-35-23-44(38)47-17-32(14-41(35)47)26-54-10-6-5-9-53-25-31-13-40-34-19-37(43(22-34)46(40)16-31)28-56-12-8-7-11-55-27-33-15-42-36-21-39(30-58-50(52)4-2)45(24-36)48(42)18-33/h3-4,31-48H,1-2,5-30H2. The molecule has 0 heterocycles. The van der Waals surface area contributed by atoms with Gasteiger partial charge in [-0.2, -0.15) is 0 Å². The molecular formula is C50H76O8. The van der Waals surface area contributed by atoms with Crippen molar-refractivity contribution in [1.82, 2.24) is 0 Å². The van der Waals surface area contributed by atoms with Crippen molar-refractivity contribution in [3.8, 4) is 0 Å². The molecule has 9 rings (SSSR count). The van der Waals surface area contributed by atoms with E-state index in [1.807, 2.05) is 0 Å². The van der Waals surface area contributed by atoms with Gasteiger partial charge >= 0.3 is 11.9 Å². The second kappa shape index (κ2) is 19.1. The lowest BCUT2D eigenvalue weighted by molar-refractivity contribution is -0.140. The van der Waals surface area contributed by atoms with Gasteiger partial charge in [-0.25, -0.2) is 9.59 Å². The lowest BCUT2D eigenvalue weighted by Crippen LogP contribution is -2.28. The second-order valence-corrected chi connectivity index (χ2v) is 21.3. The van der Waals surface area contributed by atoms with Crippen LogP contribution in [0.3, 0.4) is 0 Å². The molecule has 18 unspecified atom stereocenters. The first-order valence-electron chi connectivity index (χ1n) is 24.3.